The van der Waals surface area contributed by atoms with Gasteiger partial charge in [-0.2, -0.15) is 0 Å². The van der Waals surface area contributed by atoms with Gasteiger partial charge in [0.1, 0.15) is 0 Å². The molecule has 1 N–H and O–H groups in total. The van der Waals surface area contributed by atoms with E-state index in [1.165, 1.54) is 19.3 Å². The minimum absolute atomic E-state index is 0.0927. The molecule has 0 spiro atoms. The van der Waals surface area contributed by atoms with E-state index >= 15 is 0 Å². The maximum absolute atomic E-state index is 9.58. The van der Waals surface area contributed by atoms with Crippen molar-refractivity contribution in [3.05, 3.63) is 24.3 Å². The Kier molecular flexibility index (Phi) is 5.02. The van der Waals surface area contributed by atoms with Gasteiger partial charge in [0, 0.05) is 0 Å². The summed E-state index contributed by atoms with van der Waals surface area (Å²) >= 11 is -0.0927. The SMILES string of the molecule is C=C(CC1C=CCCC1)C(O)[I-]C. The van der Waals surface area contributed by atoms with Crippen molar-refractivity contribution >= 4 is 0 Å². The van der Waals surface area contributed by atoms with Crippen LogP contribution in [-0.2, 0) is 0 Å². The fourth-order valence-electron chi connectivity index (χ4n) is 1.64. The number of hydrogen-bond acceptors (Lipinski definition) is 1. The zero-order valence-corrected chi connectivity index (χ0v) is 10.3. The van der Waals surface area contributed by atoms with E-state index in [1.807, 2.05) is 0 Å². The zero-order valence-electron chi connectivity index (χ0n) is 8.17. The summed E-state index contributed by atoms with van der Waals surface area (Å²) in [6, 6.07) is 0. The van der Waals surface area contributed by atoms with Crippen LogP contribution in [0.15, 0.2) is 24.3 Å². The van der Waals surface area contributed by atoms with E-state index in [0.717, 1.165) is 12.0 Å². The predicted octanol–water partition coefficient (Wildman–Crippen LogP) is -0.674. The van der Waals surface area contributed by atoms with Crippen molar-refractivity contribution in [1.29, 1.82) is 0 Å². The Labute approximate surface area is 91.2 Å². The summed E-state index contributed by atoms with van der Waals surface area (Å²) < 4.78 is -0.186. The summed E-state index contributed by atoms with van der Waals surface area (Å²) in [5.41, 5.74) is 1.05. The summed E-state index contributed by atoms with van der Waals surface area (Å²) in [7, 11) is 0. The summed E-state index contributed by atoms with van der Waals surface area (Å²) in [4.78, 5) is 2.10. The number of alkyl halides is 2. The first-order chi connectivity index (χ1) is 6.24. The van der Waals surface area contributed by atoms with Gasteiger partial charge in [-0.3, -0.25) is 0 Å². The molecular formula is C11H18IO-. The molecule has 0 bridgehead atoms. The van der Waals surface area contributed by atoms with Gasteiger partial charge >= 0.3 is 91.3 Å². The van der Waals surface area contributed by atoms with Crippen LogP contribution in [-0.4, -0.2) is 14.1 Å². The molecule has 0 saturated carbocycles. The van der Waals surface area contributed by atoms with E-state index in [0.29, 0.717) is 5.92 Å². The molecule has 0 amide bonds. The molecule has 1 aliphatic carbocycles. The summed E-state index contributed by atoms with van der Waals surface area (Å²) in [6.07, 6.45) is 9.33. The van der Waals surface area contributed by atoms with Gasteiger partial charge in [-0.15, -0.1) is 0 Å². The van der Waals surface area contributed by atoms with Crippen LogP contribution in [0.25, 0.3) is 0 Å². The molecule has 2 atom stereocenters. The Morgan fingerprint density at radius 3 is 3.08 bits per heavy atom. The van der Waals surface area contributed by atoms with Crippen molar-refractivity contribution in [2.45, 2.75) is 29.8 Å². The third-order valence-corrected chi connectivity index (χ3v) is 4.48. The fourth-order valence-corrected chi connectivity index (χ4v) is 2.78. The Balaban J connectivity index is 2.34. The summed E-state index contributed by atoms with van der Waals surface area (Å²) in [5, 5.41) is 9.58. The normalized spacial score (nSPS) is 24.6. The van der Waals surface area contributed by atoms with Gasteiger partial charge in [0.05, 0.1) is 0 Å². The van der Waals surface area contributed by atoms with E-state index in [2.05, 4.69) is 23.7 Å². The van der Waals surface area contributed by atoms with Crippen LogP contribution < -0.4 is 21.2 Å². The molecule has 0 saturated heterocycles. The molecule has 0 fully saturated rings. The van der Waals surface area contributed by atoms with Crippen molar-refractivity contribution < 1.29 is 26.3 Å². The number of rotatable bonds is 4. The molecule has 0 aromatic rings. The van der Waals surface area contributed by atoms with Crippen LogP contribution in [0.4, 0.5) is 0 Å². The second kappa shape index (κ2) is 5.81. The first kappa shape index (κ1) is 11.2. The van der Waals surface area contributed by atoms with E-state index in [4.69, 9.17) is 0 Å². The van der Waals surface area contributed by atoms with Crippen LogP contribution in [0.3, 0.4) is 0 Å². The van der Waals surface area contributed by atoms with Crippen LogP contribution in [0, 0.1) is 5.92 Å². The molecule has 0 aliphatic heterocycles. The molecule has 0 radical (unpaired) electrons. The quantitative estimate of drug-likeness (QED) is 0.414. The molecule has 13 heavy (non-hydrogen) atoms. The van der Waals surface area contributed by atoms with Gasteiger partial charge in [-0.25, -0.2) is 0 Å². The maximum atomic E-state index is 9.58. The van der Waals surface area contributed by atoms with Crippen molar-refractivity contribution in [3.63, 3.8) is 0 Å². The Morgan fingerprint density at radius 1 is 1.77 bits per heavy atom. The van der Waals surface area contributed by atoms with Crippen LogP contribution >= 0.6 is 0 Å². The van der Waals surface area contributed by atoms with Gasteiger partial charge < -0.3 is 0 Å². The second-order valence-electron chi connectivity index (χ2n) is 3.54. The Hall–Kier alpha value is 0.170. The van der Waals surface area contributed by atoms with Gasteiger partial charge in [0.25, 0.3) is 0 Å². The standard InChI is InChI=1S/C11H18IO/c1-9(11(13)12-2)8-10-6-4-3-5-7-10/h4,6,10-11,13H,1,3,5,7-8H2,2H3/q-1. The van der Waals surface area contributed by atoms with Gasteiger partial charge in [0.2, 0.25) is 0 Å². The topological polar surface area (TPSA) is 20.2 Å². The molecule has 76 valence electrons. The monoisotopic (exact) mass is 293 g/mol. The summed E-state index contributed by atoms with van der Waals surface area (Å²) in [5.74, 6) is 0.645. The number of aliphatic hydroxyl groups is 1. The van der Waals surface area contributed by atoms with Crippen LogP contribution in [0.1, 0.15) is 25.7 Å². The third kappa shape index (κ3) is 3.81. The molecule has 1 aliphatic rings. The van der Waals surface area contributed by atoms with Gasteiger partial charge in [-0.1, -0.05) is 0 Å². The third-order valence-electron chi connectivity index (χ3n) is 2.42. The van der Waals surface area contributed by atoms with E-state index in [-0.39, 0.29) is 25.3 Å². The van der Waals surface area contributed by atoms with Gasteiger partial charge in [0.15, 0.2) is 0 Å². The van der Waals surface area contributed by atoms with E-state index in [9.17, 15) is 5.11 Å². The molecule has 0 aromatic heterocycles. The average Bonchev–Trinajstić information content (AvgIpc) is 2.18. The van der Waals surface area contributed by atoms with Gasteiger partial charge in [-0.05, 0) is 0 Å². The zero-order chi connectivity index (χ0) is 9.68. The first-order valence-corrected chi connectivity index (χ1v) is 8.14. The van der Waals surface area contributed by atoms with Crippen molar-refractivity contribution in [1.82, 2.24) is 0 Å². The number of hydrogen-bond donors (Lipinski definition) is 1. The fraction of sp³-hybridized carbons (Fsp3) is 0.636. The van der Waals surface area contributed by atoms with E-state index < -0.39 is 0 Å². The molecular weight excluding hydrogens is 275 g/mol. The number of allylic oxidation sites excluding steroid dienone is 2. The second-order valence-corrected chi connectivity index (χ2v) is 5.96. The van der Waals surface area contributed by atoms with Crippen LogP contribution in [0.5, 0.6) is 0 Å². The van der Waals surface area contributed by atoms with Crippen molar-refractivity contribution in [2.24, 2.45) is 5.92 Å². The van der Waals surface area contributed by atoms with E-state index in [1.54, 1.807) is 0 Å². The van der Waals surface area contributed by atoms with Crippen molar-refractivity contribution in [2.75, 3.05) is 4.93 Å². The molecule has 0 aromatic carbocycles. The number of halogens is 1. The molecule has 1 rings (SSSR count). The van der Waals surface area contributed by atoms with Crippen molar-refractivity contribution in [3.8, 4) is 0 Å². The molecule has 0 heterocycles. The number of aliphatic hydroxyl groups excluding tert-OH is 1. The Morgan fingerprint density at radius 2 is 2.54 bits per heavy atom. The molecule has 2 unspecified atom stereocenters. The molecule has 1 nitrogen and oxygen atoms in total. The molecule has 2 heteroatoms. The minimum atomic E-state index is -0.186. The van der Waals surface area contributed by atoms with Crippen LogP contribution in [0.2, 0.25) is 0 Å². The predicted molar refractivity (Wildman–Crippen MR) is 52.2 cm³/mol. The first-order valence-electron chi connectivity index (χ1n) is 4.74. The Bertz CT molecular complexity index is 198. The average molecular weight is 293 g/mol. The summed E-state index contributed by atoms with van der Waals surface area (Å²) in [6.45, 7) is 3.96.